The molecule has 1 saturated heterocycles. The zero-order chi connectivity index (χ0) is 26.3. The number of amides is 1. The number of alkyl halides is 3. The van der Waals surface area contributed by atoms with Crippen LogP contribution in [0, 0.1) is 5.92 Å². The van der Waals surface area contributed by atoms with Crippen molar-refractivity contribution in [1.29, 1.82) is 0 Å². The molecule has 1 aromatic heterocycles. The van der Waals surface area contributed by atoms with Crippen molar-refractivity contribution in [3.8, 4) is 5.75 Å². The van der Waals surface area contributed by atoms with E-state index in [1.807, 2.05) is 37.2 Å². The lowest BCUT2D eigenvalue weighted by Crippen LogP contribution is -2.30. The van der Waals surface area contributed by atoms with Gasteiger partial charge in [-0.2, -0.15) is 18.2 Å². The van der Waals surface area contributed by atoms with Crippen LogP contribution >= 0.6 is 0 Å². The molecule has 1 saturated carbocycles. The average molecular weight is 508 g/mol. The number of halogens is 3. The van der Waals surface area contributed by atoms with Gasteiger partial charge in [-0.25, -0.2) is 0 Å². The number of hydrogen-bond acceptors (Lipinski definition) is 4. The topological polar surface area (TPSA) is 74.8 Å². The minimum absolute atomic E-state index is 0.00304. The number of aromatic nitrogens is 2. The van der Waals surface area contributed by atoms with Gasteiger partial charge in [-0.05, 0) is 31.0 Å². The predicted molar refractivity (Wildman–Crippen MR) is 126 cm³/mol. The first-order chi connectivity index (χ1) is 16.8. The highest BCUT2D eigenvalue weighted by Crippen LogP contribution is 2.34. The third kappa shape index (κ3) is 5.74. The fourth-order valence-corrected chi connectivity index (χ4v) is 4.64. The van der Waals surface area contributed by atoms with Crippen LogP contribution in [-0.2, 0) is 34.7 Å². The molecule has 7 nitrogen and oxygen atoms in total. The van der Waals surface area contributed by atoms with Crippen molar-refractivity contribution in [2.24, 2.45) is 18.0 Å². The number of nitrogens with zero attached hydrogens (tertiary/aromatic N) is 3. The maximum Gasteiger partial charge on any atom is 0.416 e. The Morgan fingerprint density at radius 1 is 1.19 bits per heavy atom. The van der Waals surface area contributed by atoms with Crippen molar-refractivity contribution in [3.05, 3.63) is 46.6 Å². The summed E-state index contributed by atoms with van der Waals surface area (Å²) in [4.78, 5) is 28.8. The highest BCUT2D eigenvalue weighted by atomic mass is 19.4. The Labute approximate surface area is 207 Å². The van der Waals surface area contributed by atoms with E-state index in [2.05, 4.69) is 4.99 Å². The first-order valence-electron chi connectivity index (χ1n) is 12.2. The van der Waals surface area contributed by atoms with E-state index in [1.54, 1.807) is 6.07 Å². The van der Waals surface area contributed by atoms with Crippen LogP contribution in [0.15, 0.2) is 29.3 Å². The van der Waals surface area contributed by atoms with Crippen molar-refractivity contribution >= 4 is 11.7 Å². The molecule has 1 aliphatic carbocycles. The van der Waals surface area contributed by atoms with Gasteiger partial charge in [0.15, 0.2) is 5.49 Å². The lowest BCUT2D eigenvalue weighted by molar-refractivity contribution is -0.137. The van der Waals surface area contributed by atoms with E-state index in [9.17, 15) is 22.8 Å². The van der Waals surface area contributed by atoms with Crippen LogP contribution < -0.4 is 10.2 Å². The molecule has 2 fully saturated rings. The lowest BCUT2D eigenvalue weighted by Gasteiger charge is -2.24. The molecule has 0 unspecified atom stereocenters. The number of hydrogen-bond donors (Lipinski definition) is 0. The summed E-state index contributed by atoms with van der Waals surface area (Å²) >= 11 is 0. The average Bonchev–Trinajstić information content (AvgIpc) is 3.38. The zero-order valence-electron chi connectivity index (χ0n) is 21.0. The number of ketones is 1. The Morgan fingerprint density at radius 2 is 1.92 bits per heavy atom. The van der Waals surface area contributed by atoms with Crippen molar-refractivity contribution < 1.29 is 32.2 Å². The van der Waals surface area contributed by atoms with Gasteiger partial charge in [0.2, 0.25) is 0 Å². The maximum absolute atomic E-state index is 13.4. The summed E-state index contributed by atoms with van der Waals surface area (Å²) in [7, 11) is 1.87. The second-order valence-electron chi connectivity index (χ2n) is 10.6. The molecule has 1 amide bonds. The molecule has 196 valence electrons. The van der Waals surface area contributed by atoms with E-state index < -0.39 is 17.6 Å². The van der Waals surface area contributed by atoms with Crippen molar-refractivity contribution in [2.45, 2.75) is 70.7 Å². The van der Waals surface area contributed by atoms with Gasteiger partial charge < -0.3 is 9.47 Å². The molecule has 2 heterocycles. The monoisotopic (exact) mass is 507 g/mol. The molecule has 1 atom stereocenters. The summed E-state index contributed by atoms with van der Waals surface area (Å²) in [6, 6.07) is 4.61. The van der Waals surface area contributed by atoms with Crippen molar-refractivity contribution in [1.82, 2.24) is 9.36 Å². The smallest absolute Gasteiger partial charge is 0.416 e. The quantitative estimate of drug-likeness (QED) is 0.580. The Kier molecular flexibility index (Phi) is 7.19. The number of Topliss-reactive ketones (excluding diaryl/α,β-unsaturated/α-hetero) is 1. The van der Waals surface area contributed by atoms with Gasteiger partial charge in [-0.1, -0.05) is 20.8 Å². The van der Waals surface area contributed by atoms with Crippen LogP contribution in [0.2, 0.25) is 0 Å². The van der Waals surface area contributed by atoms with Crippen LogP contribution in [0.4, 0.5) is 13.2 Å². The number of benzene rings is 1. The van der Waals surface area contributed by atoms with Crippen molar-refractivity contribution in [3.63, 3.8) is 0 Å². The molecule has 0 radical (unpaired) electrons. The van der Waals surface area contributed by atoms with Crippen LogP contribution in [-0.4, -0.2) is 40.4 Å². The normalized spacial score (nSPS) is 19.6. The van der Waals surface area contributed by atoms with E-state index in [4.69, 9.17) is 9.47 Å². The van der Waals surface area contributed by atoms with Gasteiger partial charge in [0.05, 0.1) is 30.4 Å². The molecule has 0 spiro atoms. The van der Waals surface area contributed by atoms with E-state index in [-0.39, 0.29) is 41.1 Å². The first-order valence-corrected chi connectivity index (χ1v) is 12.2. The number of rotatable bonds is 6. The second kappa shape index (κ2) is 9.88. The molecule has 0 N–H and O–H groups in total. The fourth-order valence-electron chi connectivity index (χ4n) is 4.64. The number of carbonyl (C=O) groups is 2. The molecule has 1 aliphatic heterocycles. The van der Waals surface area contributed by atoms with Crippen LogP contribution in [0.3, 0.4) is 0 Å². The molecule has 2 aromatic rings. The molecule has 10 heteroatoms. The Bertz CT molecular complexity index is 1210. The summed E-state index contributed by atoms with van der Waals surface area (Å²) in [6.07, 6.45) is -2.08. The summed E-state index contributed by atoms with van der Waals surface area (Å²) in [6.45, 7) is 7.40. The summed E-state index contributed by atoms with van der Waals surface area (Å²) in [5, 5.41) is 0. The molecule has 2 aliphatic rings. The van der Waals surface area contributed by atoms with Gasteiger partial charge in [0, 0.05) is 49.6 Å². The predicted octanol–water partition coefficient (Wildman–Crippen LogP) is 4.42. The van der Waals surface area contributed by atoms with E-state index in [0.29, 0.717) is 31.5 Å². The molecule has 36 heavy (non-hydrogen) atoms. The first kappa shape index (κ1) is 26.2. The zero-order valence-corrected chi connectivity index (χ0v) is 21.0. The minimum atomic E-state index is -4.63. The molecular weight excluding hydrogens is 475 g/mol. The molecule has 4 rings (SSSR count). The SMILES string of the molecule is Cn1c(C(C)(C)C)cc(=NC(=O)c2cc(C(F)(F)F)ccc2OCC2CC(=O)C2)n1C[C@H]1CCCO1. The van der Waals surface area contributed by atoms with Crippen molar-refractivity contribution in [2.75, 3.05) is 13.2 Å². The maximum atomic E-state index is 13.4. The van der Waals surface area contributed by atoms with Gasteiger partial charge in [-0.3, -0.25) is 19.0 Å². The molecule has 1 aromatic carbocycles. The summed E-state index contributed by atoms with van der Waals surface area (Å²) in [5.74, 6) is -0.685. The summed E-state index contributed by atoms with van der Waals surface area (Å²) in [5.41, 5.74) is -0.213. The minimum Gasteiger partial charge on any atom is -0.492 e. The fraction of sp³-hybridized carbons (Fsp3) is 0.577. The van der Waals surface area contributed by atoms with Crippen LogP contribution in [0.5, 0.6) is 5.75 Å². The lowest BCUT2D eigenvalue weighted by atomic mass is 9.85. The third-order valence-electron chi connectivity index (χ3n) is 6.67. The largest absolute Gasteiger partial charge is 0.492 e. The number of carbonyl (C=O) groups excluding carboxylic acids is 2. The van der Waals surface area contributed by atoms with Gasteiger partial charge in [0.25, 0.3) is 5.91 Å². The van der Waals surface area contributed by atoms with Crippen LogP contribution in [0.1, 0.15) is 68.1 Å². The second-order valence-corrected chi connectivity index (χ2v) is 10.6. The van der Waals surface area contributed by atoms with Gasteiger partial charge in [0.1, 0.15) is 11.5 Å². The van der Waals surface area contributed by atoms with E-state index in [1.165, 1.54) is 0 Å². The Balaban J connectivity index is 1.73. The number of ether oxygens (including phenoxy) is 2. The molecular formula is C26H32F3N3O4. The Morgan fingerprint density at radius 3 is 2.50 bits per heavy atom. The Hall–Kier alpha value is -2.88. The standard InChI is InChI=1S/C26H32F3N3O4/c1-25(2,3)22-13-23(32(31(22)4)14-19-6-5-9-35-19)30-24(34)20-12-17(26(27,28)29)7-8-21(20)36-15-16-10-18(33)11-16/h7-8,12-13,16,19H,5-6,9-11,14-15H2,1-4H3/t19-/m1/s1. The molecule has 0 bridgehead atoms. The highest BCUT2D eigenvalue weighted by molar-refractivity contribution is 5.97. The van der Waals surface area contributed by atoms with Gasteiger partial charge >= 0.3 is 6.18 Å². The third-order valence-corrected chi connectivity index (χ3v) is 6.67. The van der Waals surface area contributed by atoms with E-state index >= 15 is 0 Å². The highest BCUT2D eigenvalue weighted by Gasteiger charge is 2.33. The van der Waals surface area contributed by atoms with Crippen LogP contribution in [0.25, 0.3) is 0 Å². The van der Waals surface area contributed by atoms with Gasteiger partial charge in [-0.15, -0.1) is 0 Å². The summed E-state index contributed by atoms with van der Waals surface area (Å²) < 4.78 is 55.6. The van der Waals surface area contributed by atoms with E-state index in [0.717, 1.165) is 36.7 Å².